The minimum Gasteiger partial charge on any atom is -0.380 e. The fourth-order valence-corrected chi connectivity index (χ4v) is 1.42. The van der Waals surface area contributed by atoms with Gasteiger partial charge in [0.15, 0.2) is 0 Å². The van der Waals surface area contributed by atoms with E-state index < -0.39 is 0 Å². The Labute approximate surface area is 96.0 Å². The van der Waals surface area contributed by atoms with Crippen LogP contribution >= 0.6 is 0 Å². The van der Waals surface area contributed by atoms with Crippen LogP contribution in [0.4, 0.5) is 0 Å². The Morgan fingerprint density at radius 3 is 2.75 bits per heavy atom. The lowest BCUT2D eigenvalue weighted by atomic mass is 10.1. The van der Waals surface area contributed by atoms with Crippen molar-refractivity contribution in [3.8, 4) is 0 Å². The van der Waals surface area contributed by atoms with Gasteiger partial charge in [0, 0.05) is 25.8 Å². The molecule has 0 atom stereocenters. The third-order valence-corrected chi connectivity index (χ3v) is 2.22. The molecule has 0 spiro atoms. The second-order valence-electron chi connectivity index (χ2n) is 3.45. The second kappa shape index (κ2) is 6.98. The molecule has 0 aliphatic heterocycles. The highest BCUT2D eigenvalue weighted by molar-refractivity contribution is 5.95. The highest BCUT2D eigenvalue weighted by atomic mass is 16.5. The maximum absolute atomic E-state index is 11.8. The van der Waals surface area contributed by atoms with Gasteiger partial charge < -0.3 is 15.4 Å². The standard InChI is InChI=1S/C12H18N2O2/c1-13-7-8-14-12(15)11-6-4-3-5-10(11)9-16-2/h3-6,13H,7-9H2,1-2H3,(H,14,15). The van der Waals surface area contributed by atoms with E-state index in [1.165, 1.54) is 0 Å². The Morgan fingerprint density at radius 1 is 1.31 bits per heavy atom. The van der Waals surface area contributed by atoms with Gasteiger partial charge in [-0.1, -0.05) is 18.2 Å². The monoisotopic (exact) mass is 222 g/mol. The van der Waals surface area contributed by atoms with Crippen LogP contribution in [0.15, 0.2) is 24.3 Å². The topological polar surface area (TPSA) is 50.4 Å². The number of likely N-dealkylation sites (N-methyl/N-ethyl adjacent to an activating group) is 1. The van der Waals surface area contributed by atoms with Gasteiger partial charge in [-0.25, -0.2) is 0 Å². The molecule has 0 unspecified atom stereocenters. The van der Waals surface area contributed by atoms with Crippen molar-refractivity contribution in [1.29, 1.82) is 0 Å². The summed E-state index contributed by atoms with van der Waals surface area (Å²) in [4.78, 5) is 11.8. The molecule has 1 aromatic carbocycles. The number of rotatable bonds is 6. The molecule has 0 aliphatic carbocycles. The molecule has 0 saturated carbocycles. The van der Waals surface area contributed by atoms with E-state index in [1.807, 2.05) is 31.3 Å². The lowest BCUT2D eigenvalue weighted by Crippen LogP contribution is -2.31. The zero-order chi connectivity index (χ0) is 11.8. The average molecular weight is 222 g/mol. The van der Waals surface area contributed by atoms with Crippen molar-refractivity contribution in [2.24, 2.45) is 0 Å². The first-order chi connectivity index (χ1) is 7.79. The van der Waals surface area contributed by atoms with Gasteiger partial charge in [0.25, 0.3) is 5.91 Å². The molecular weight excluding hydrogens is 204 g/mol. The van der Waals surface area contributed by atoms with Gasteiger partial charge in [-0.2, -0.15) is 0 Å². The summed E-state index contributed by atoms with van der Waals surface area (Å²) in [6.45, 7) is 1.84. The van der Waals surface area contributed by atoms with Crippen molar-refractivity contribution in [2.45, 2.75) is 6.61 Å². The number of methoxy groups -OCH3 is 1. The van der Waals surface area contributed by atoms with Gasteiger partial charge in [0.05, 0.1) is 6.61 Å². The Morgan fingerprint density at radius 2 is 2.06 bits per heavy atom. The Balaban J connectivity index is 2.66. The summed E-state index contributed by atoms with van der Waals surface area (Å²) in [5.41, 5.74) is 1.59. The number of benzene rings is 1. The van der Waals surface area contributed by atoms with Gasteiger partial charge in [0.1, 0.15) is 0 Å². The Kier molecular flexibility index (Phi) is 5.53. The van der Waals surface area contributed by atoms with E-state index in [9.17, 15) is 4.79 Å². The minimum absolute atomic E-state index is 0.0529. The summed E-state index contributed by atoms with van der Waals surface area (Å²) in [6, 6.07) is 7.46. The van der Waals surface area contributed by atoms with Crippen molar-refractivity contribution < 1.29 is 9.53 Å². The first-order valence-corrected chi connectivity index (χ1v) is 5.29. The largest absolute Gasteiger partial charge is 0.380 e. The van der Waals surface area contributed by atoms with Crippen LogP contribution in [0, 0.1) is 0 Å². The third-order valence-electron chi connectivity index (χ3n) is 2.22. The normalized spacial score (nSPS) is 10.1. The molecule has 1 rings (SSSR count). The Hall–Kier alpha value is -1.39. The number of hydrogen-bond acceptors (Lipinski definition) is 3. The van der Waals surface area contributed by atoms with Gasteiger partial charge in [-0.3, -0.25) is 4.79 Å². The Bertz CT molecular complexity index is 340. The minimum atomic E-state index is -0.0529. The summed E-state index contributed by atoms with van der Waals surface area (Å²) < 4.78 is 5.05. The van der Waals surface area contributed by atoms with Crippen LogP contribution in [0.2, 0.25) is 0 Å². The molecule has 0 aliphatic rings. The summed E-state index contributed by atoms with van der Waals surface area (Å²) in [6.07, 6.45) is 0. The van der Waals surface area contributed by atoms with Crippen LogP contribution in [-0.2, 0) is 11.3 Å². The third kappa shape index (κ3) is 3.64. The molecule has 1 amide bonds. The van der Waals surface area contributed by atoms with E-state index in [0.29, 0.717) is 18.7 Å². The fourth-order valence-electron chi connectivity index (χ4n) is 1.42. The number of carbonyl (C=O) groups is 1. The van der Waals surface area contributed by atoms with Crippen LogP contribution in [0.25, 0.3) is 0 Å². The zero-order valence-corrected chi connectivity index (χ0v) is 9.75. The number of carbonyl (C=O) groups excluding carboxylic acids is 1. The SMILES string of the molecule is CNCCNC(=O)c1ccccc1COC. The molecule has 0 bridgehead atoms. The number of amides is 1. The predicted octanol–water partition coefficient (Wildman–Crippen LogP) is 0.782. The van der Waals surface area contributed by atoms with Gasteiger partial charge in [0.2, 0.25) is 0 Å². The van der Waals surface area contributed by atoms with Crippen LogP contribution < -0.4 is 10.6 Å². The molecule has 0 saturated heterocycles. The molecule has 16 heavy (non-hydrogen) atoms. The molecule has 4 nitrogen and oxygen atoms in total. The van der Waals surface area contributed by atoms with Crippen LogP contribution in [0.1, 0.15) is 15.9 Å². The lowest BCUT2D eigenvalue weighted by Gasteiger charge is -2.09. The van der Waals surface area contributed by atoms with Crippen molar-refractivity contribution in [3.05, 3.63) is 35.4 Å². The lowest BCUT2D eigenvalue weighted by molar-refractivity contribution is 0.0949. The molecule has 1 aromatic rings. The highest BCUT2D eigenvalue weighted by Gasteiger charge is 2.09. The number of nitrogens with one attached hydrogen (secondary N) is 2. The van der Waals surface area contributed by atoms with E-state index in [1.54, 1.807) is 7.11 Å². The van der Waals surface area contributed by atoms with E-state index in [-0.39, 0.29) is 5.91 Å². The number of hydrogen-bond donors (Lipinski definition) is 2. The molecule has 0 fully saturated rings. The molecule has 88 valence electrons. The highest BCUT2D eigenvalue weighted by Crippen LogP contribution is 2.09. The predicted molar refractivity (Wildman–Crippen MR) is 63.4 cm³/mol. The van der Waals surface area contributed by atoms with Crippen LogP contribution in [0.3, 0.4) is 0 Å². The number of ether oxygens (including phenoxy) is 1. The van der Waals surface area contributed by atoms with E-state index >= 15 is 0 Å². The molecule has 0 radical (unpaired) electrons. The smallest absolute Gasteiger partial charge is 0.251 e. The van der Waals surface area contributed by atoms with E-state index in [0.717, 1.165) is 12.1 Å². The maximum Gasteiger partial charge on any atom is 0.251 e. The summed E-state index contributed by atoms with van der Waals surface area (Å²) in [7, 11) is 3.47. The van der Waals surface area contributed by atoms with Gasteiger partial charge >= 0.3 is 0 Å². The first-order valence-electron chi connectivity index (χ1n) is 5.29. The van der Waals surface area contributed by atoms with Crippen molar-refractivity contribution in [1.82, 2.24) is 10.6 Å². The van der Waals surface area contributed by atoms with Crippen molar-refractivity contribution in [2.75, 3.05) is 27.2 Å². The maximum atomic E-state index is 11.8. The molecule has 0 aromatic heterocycles. The van der Waals surface area contributed by atoms with Gasteiger partial charge in [-0.15, -0.1) is 0 Å². The molecule has 4 heteroatoms. The van der Waals surface area contributed by atoms with Gasteiger partial charge in [-0.05, 0) is 18.7 Å². The summed E-state index contributed by atoms with van der Waals surface area (Å²) in [5.74, 6) is -0.0529. The quantitative estimate of drug-likeness (QED) is 0.699. The molecular formula is C12H18N2O2. The molecule has 0 heterocycles. The van der Waals surface area contributed by atoms with E-state index in [4.69, 9.17) is 4.74 Å². The summed E-state index contributed by atoms with van der Waals surface area (Å²) in [5, 5.41) is 5.82. The van der Waals surface area contributed by atoms with Crippen LogP contribution in [-0.4, -0.2) is 33.2 Å². The molecule has 2 N–H and O–H groups in total. The second-order valence-corrected chi connectivity index (χ2v) is 3.45. The van der Waals surface area contributed by atoms with Crippen molar-refractivity contribution >= 4 is 5.91 Å². The fraction of sp³-hybridized carbons (Fsp3) is 0.417. The van der Waals surface area contributed by atoms with Crippen LogP contribution in [0.5, 0.6) is 0 Å². The zero-order valence-electron chi connectivity index (χ0n) is 9.75. The summed E-state index contributed by atoms with van der Waals surface area (Å²) >= 11 is 0. The first kappa shape index (κ1) is 12.7. The van der Waals surface area contributed by atoms with Crippen molar-refractivity contribution in [3.63, 3.8) is 0 Å². The van der Waals surface area contributed by atoms with E-state index in [2.05, 4.69) is 10.6 Å². The average Bonchev–Trinajstić information content (AvgIpc) is 2.30.